The fourth-order valence-electron chi connectivity index (χ4n) is 2.70. The highest BCUT2D eigenvalue weighted by Gasteiger charge is 2.38. The van der Waals surface area contributed by atoms with Crippen molar-refractivity contribution in [2.45, 2.75) is 45.3 Å². The number of piperidine rings is 1. The van der Waals surface area contributed by atoms with Crippen molar-refractivity contribution in [1.82, 2.24) is 4.90 Å². The predicted octanol–water partition coefficient (Wildman–Crippen LogP) is 1.87. The molecule has 1 amide bonds. The summed E-state index contributed by atoms with van der Waals surface area (Å²) in [5.41, 5.74) is 5.90. The van der Waals surface area contributed by atoms with Crippen molar-refractivity contribution in [3.8, 4) is 0 Å². The van der Waals surface area contributed by atoms with Crippen LogP contribution in [0.3, 0.4) is 0 Å². The van der Waals surface area contributed by atoms with E-state index in [1.165, 1.54) is 0 Å². The number of carbonyl (C=O) groups excluding carboxylic acids is 1. The lowest BCUT2D eigenvalue weighted by Gasteiger charge is -2.40. The quantitative estimate of drug-likeness (QED) is 0.874. The number of carbonyl (C=O) groups is 1. The highest BCUT2D eigenvalue weighted by molar-refractivity contribution is 5.82. The summed E-state index contributed by atoms with van der Waals surface area (Å²) >= 11 is 0. The van der Waals surface area contributed by atoms with Crippen molar-refractivity contribution in [3.05, 3.63) is 35.9 Å². The third kappa shape index (κ3) is 3.44. The Morgan fingerprint density at radius 1 is 1.24 bits per heavy atom. The molecule has 0 saturated carbocycles. The molecule has 0 spiro atoms. The maximum Gasteiger partial charge on any atom is 0.240 e. The molecule has 0 radical (unpaired) electrons. The van der Waals surface area contributed by atoms with Gasteiger partial charge in [0.15, 0.2) is 0 Å². The Morgan fingerprint density at radius 3 is 2.24 bits per heavy atom. The van der Waals surface area contributed by atoms with Gasteiger partial charge in [0.05, 0.1) is 11.6 Å². The molecule has 4 heteroatoms. The van der Waals surface area contributed by atoms with Crippen LogP contribution in [-0.2, 0) is 10.4 Å². The summed E-state index contributed by atoms with van der Waals surface area (Å²) in [4.78, 5) is 14.2. The first-order valence-corrected chi connectivity index (χ1v) is 7.56. The average molecular weight is 290 g/mol. The molecule has 4 nitrogen and oxygen atoms in total. The number of hydrogen-bond acceptors (Lipinski definition) is 3. The molecule has 1 aliphatic heterocycles. The first-order valence-electron chi connectivity index (χ1n) is 7.56. The van der Waals surface area contributed by atoms with Crippen LogP contribution in [-0.4, -0.2) is 35.0 Å². The van der Waals surface area contributed by atoms with Crippen LogP contribution in [0.15, 0.2) is 30.3 Å². The summed E-state index contributed by atoms with van der Waals surface area (Å²) in [7, 11) is 0. The summed E-state index contributed by atoms with van der Waals surface area (Å²) in [6, 6.07) is 9.19. The number of rotatable bonds is 2. The number of likely N-dealkylation sites (tertiary alicyclic amines) is 1. The largest absolute Gasteiger partial charge is 0.385 e. The van der Waals surface area contributed by atoms with Crippen LogP contribution in [0, 0.1) is 5.41 Å². The molecule has 1 atom stereocenters. The standard InChI is InChI=1S/C17H26N2O2/c1-16(2,3)14(18)15(20)19-11-9-17(21,10-12-19)13-7-5-4-6-8-13/h4-8,14,21H,9-12,18H2,1-3H3/t14-/m0/s1. The Kier molecular flexibility index (Phi) is 4.40. The van der Waals surface area contributed by atoms with Crippen molar-refractivity contribution in [1.29, 1.82) is 0 Å². The number of nitrogens with zero attached hydrogens (tertiary/aromatic N) is 1. The van der Waals surface area contributed by atoms with E-state index in [-0.39, 0.29) is 11.3 Å². The summed E-state index contributed by atoms with van der Waals surface area (Å²) < 4.78 is 0. The summed E-state index contributed by atoms with van der Waals surface area (Å²) in [6.07, 6.45) is 1.11. The van der Waals surface area contributed by atoms with Gasteiger partial charge in [-0.15, -0.1) is 0 Å². The smallest absolute Gasteiger partial charge is 0.240 e. The van der Waals surface area contributed by atoms with E-state index in [9.17, 15) is 9.90 Å². The SMILES string of the molecule is CC(C)(C)[C@@H](N)C(=O)N1CCC(O)(c2ccccc2)CC1. The van der Waals surface area contributed by atoms with Crippen molar-refractivity contribution >= 4 is 5.91 Å². The van der Waals surface area contributed by atoms with Gasteiger partial charge in [-0.25, -0.2) is 0 Å². The minimum Gasteiger partial charge on any atom is -0.385 e. The Labute approximate surface area is 126 Å². The summed E-state index contributed by atoms with van der Waals surface area (Å²) in [5, 5.41) is 10.8. The molecule has 1 aromatic rings. The third-order valence-corrected chi connectivity index (χ3v) is 4.41. The molecule has 1 aromatic carbocycles. The van der Waals surface area contributed by atoms with Gasteiger partial charge in [-0.1, -0.05) is 51.1 Å². The van der Waals surface area contributed by atoms with Crippen LogP contribution >= 0.6 is 0 Å². The van der Waals surface area contributed by atoms with E-state index >= 15 is 0 Å². The summed E-state index contributed by atoms with van der Waals surface area (Å²) in [5.74, 6) is -0.0161. The van der Waals surface area contributed by atoms with E-state index in [1.807, 2.05) is 51.1 Å². The van der Waals surface area contributed by atoms with Gasteiger partial charge in [-0.05, 0) is 23.8 Å². The molecule has 1 saturated heterocycles. The second kappa shape index (κ2) is 5.78. The van der Waals surface area contributed by atoms with E-state index in [0.29, 0.717) is 25.9 Å². The lowest BCUT2D eigenvalue weighted by molar-refractivity contribution is -0.139. The van der Waals surface area contributed by atoms with Crippen LogP contribution < -0.4 is 5.73 Å². The predicted molar refractivity (Wildman–Crippen MR) is 83.6 cm³/mol. The topological polar surface area (TPSA) is 66.6 Å². The third-order valence-electron chi connectivity index (χ3n) is 4.41. The van der Waals surface area contributed by atoms with Gasteiger partial charge in [0.1, 0.15) is 0 Å². The van der Waals surface area contributed by atoms with E-state index in [0.717, 1.165) is 5.56 Å². The summed E-state index contributed by atoms with van der Waals surface area (Å²) in [6.45, 7) is 7.02. The van der Waals surface area contributed by atoms with Crippen LogP contribution in [0.25, 0.3) is 0 Å². The molecular weight excluding hydrogens is 264 g/mol. The molecule has 0 unspecified atom stereocenters. The minimum absolute atomic E-state index is 0.0161. The van der Waals surface area contributed by atoms with Gasteiger partial charge in [-0.3, -0.25) is 4.79 Å². The zero-order valence-electron chi connectivity index (χ0n) is 13.2. The average Bonchev–Trinajstić information content (AvgIpc) is 2.46. The Hall–Kier alpha value is -1.39. The number of nitrogens with two attached hydrogens (primary N) is 1. The van der Waals surface area contributed by atoms with Gasteiger partial charge in [0.2, 0.25) is 5.91 Å². The lowest BCUT2D eigenvalue weighted by atomic mass is 9.83. The highest BCUT2D eigenvalue weighted by Crippen LogP contribution is 2.33. The van der Waals surface area contributed by atoms with Crippen LogP contribution in [0.1, 0.15) is 39.2 Å². The van der Waals surface area contributed by atoms with Crippen molar-refractivity contribution < 1.29 is 9.90 Å². The maximum absolute atomic E-state index is 12.4. The van der Waals surface area contributed by atoms with Gasteiger partial charge in [-0.2, -0.15) is 0 Å². The second-order valence-corrected chi connectivity index (χ2v) is 7.07. The number of benzene rings is 1. The Morgan fingerprint density at radius 2 is 1.76 bits per heavy atom. The van der Waals surface area contributed by atoms with Crippen LogP contribution in [0.2, 0.25) is 0 Å². The second-order valence-electron chi connectivity index (χ2n) is 7.07. The molecule has 3 N–H and O–H groups in total. The normalized spacial score (nSPS) is 20.1. The number of hydrogen-bond donors (Lipinski definition) is 2. The van der Waals surface area contributed by atoms with Gasteiger partial charge >= 0.3 is 0 Å². The zero-order valence-corrected chi connectivity index (χ0v) is 13.2. The molecule has 1 fully saturated rings. The lowest BCUT2D eigenvalue weighted by Crippen LogP contribution is -2.54. The van der Waals surface area contributed by atoms with Crippen LogP contribution in [0.5, 0.6) is 0 Å². The molecular formula is C17H26N2O2. The molecule has 0 aliphatic carbocycles. The molecule has 1 aliphatic rings. The Bertz CT molecular complexity index is 485. The molecule has 2 rings (SSSR count). The van der Waals surface area contributed by atoms with E-state index in [2.05, 4.69) is 0 Å². The van der Waals surface area contributed by atoms with Gasteiger partial charge < -0.3 is 15.7 Å². The first-order chi connectivity index (χ1) is 9.74. The van der Waals surface area contributed by atoms with Crippen molar-refractivity contribution in [3.63, 3.8) is 0 Å². The van der Waals surface area contributed by atoms with Gasteiger partial charge in [0, 0.05) is 13.1 Å². The Balaban J connectivity index is 2.02. The van der Waals surface area contributed by atoms with E-state index in [1.54, 1.807) is 4.90 Å². The van der Waals surface area contributed by atoms with Crippen molar-refractivity contribution in [2.75, 3.05) is 13.1 Å². The van der Waals surface area contributed by atoms with Gasteiger partial charge in [0.25, 0.3) is 0 Å². The fourth-order valence-corrected chi connectivity index (χ4v) is 2.70. The monoisotopic (exact) mass is 290 g/mol. The zero-order chi connectivity index (χ0) is 15.7. The highest BCUT2D eigenvalue weighted by atomic mass is 16.3. The number of amides is 1. The molecule has 0 bridgehead atoms. The molecule has 0 aromatic heterocycles. The van der Waals surface area contributed by atoms with E-state index < -0.39 is 11.6 Å². The molecule has 116 valence electrons. The molecule has 1 heterocycles. The molecule has 21 heavy (non-hydrogen) atoms. The fraction of sp³-hybridized carbons (Fsp3) is 0.588. The maximum atomic E-state index is 12.4. The van der Waals surface area contributed by atoms with Crippen LogP contribution in [0.4, 0.5) is 0 Å². The first kappa shape index (κ1) is 16.0. The minimum atomic E-state index is -0.829. The van der Waals surface area contributed by atoms with E-state index in [4.69, 9.17) is 5.73 Å². The number of aliphatic hydroxyl groups is 1. The van der Waals surface area contributed by atoms with Crippen molar-refractivity contribution in [2.24, 2.45) is 11.1 Å².